The number of hydrogen-bond donors (Lipinski definition) is 2. The van der Waals surface area contributed by atoms with Crippen LogP contribution in [0.15, 0.2) is 29.6 Å². The summed E-state index contributed by atoms with van der Waals surface area (Å²) >= 11 is 7.28. The summed E-state index contributed by atoms with van der Waals surface area (Å²) in [6.07, 6.45) is 0. The Morgan fingerprint density at radius 1 is 1.44 bits per heavy atom. The molecule has 0 atom stereocenters. The number of nitrogen functional groups attached to an aromatic ring is 1. The van der Waals surface area contributed by atoms with E-state index in [2.05, 4.69) is 5.32 Å². The summed E-state index contributed by atoms with van der Waals surface area (Å²) in [6.45, 7) is 0. The molecule has 0 saturated heterocycles. The Balaban J connectivity index is 2.27. The normalized spacial score (nSPS) is 10.1. The number of ether oxygens (including phenoxy) is 1. The molecule has 0 aliphatic rings. The lowest BCUT2D eigenvalue weighted by atomic mass is 10.2. The number of thiophene rings is 1. The molecule has 0 bridgehead atoms. The average molecular weight is 283 g/mol. The molecule has 4 nitrogen and oxygen atoms in total. The Morgan fingerprint density at radius 3 is 2.89 bits per heavy atom. The second kappa shape index (κ2) is 5.29. The molecule has 3 N–H and O–H groups in total. The van der Waals surface area contributed by atoms with E-state index in [1.807, 2.05) is 0 Å². The van der Waals surface area contributed by atoms with E-state index < -0.39 is 0 Å². The maximum atomic E-state index is 12.1. The first kappa shape index (κ1) is 12.7. The summed E-state index contributed by atoms with van der Waals surface area (Å²) in [5.41, 5.74) is 6.61. The van der Waals surface area contributed by atoms with Crippen LogP contribution in [0.4, 0.5) is 11.4 Å². The van der Waals surface area contributed by atoms with Crippen molar-refractivity contribution in [3.05, 3.63) is 39.5 Å². The predicted octanol–water partition coefficient (Wildman–Crippen LogP) is 3.24. The van der Waals surface area contributed by atoms with Gasteiger partial charge in [0.2, 0.25) is 0 Å². The quantitative estimate of drug-likeness (QED) is 0.850. The highest BCUT2D eigenvalue weighted by atomic mass is 35.5. The molecule has 1 aromatic carbocycles. The van der Waals surface area contributed by atoms with Crippen molar-refractivity contribution in [1.29, 1.82) is 0 Å². The number of anilines is 2. The van der Waals surface area contributed by atoms with Gasteiger partial charge in [-0.1, -0.05) is 17.7 Å². The molecule has 18 heavy (non-hydrogen) atoms. The number of benzene rings is 1. The molecular weight excluding hydrogens is 272 g/mol. The number of para-hydroxylation sites is 1. The van der Waals surface area contributed by atoms with Crippen LogP contribution in [0.2, 0.25) is 5.02 Å². The fourth-order valence-electron chi connectivity index (χ4n) is 1.47. The lowest BCUT2D eigenvalue weighted by Gasteiger charge is -2.09. The summed E-state index contributed by atoms with van der Waals surface area (Å²) in [6, 6.07) is 6.79. The second-order valence-electron chi connectivity index (χ2n) is 3.48. The summed E-state index contributed by atoms with van der Waals surface area (Å²) < 4.78 is 5.09. The Hall–Kier alpha value is -1.72. The largest absolute Gasteiger partial charge is 0.495 e. The molecule has 0 saturated carbocycles. The van der Waals surface area contributed by atoms with Crippen molar-refractivity contribution in [2.24, 2.45) is 0 Å². The topological polar surface area (TPSA) is 64.3 Å². The summed E-state index contributed by atoms with van der Waals surface area (Å²) in [5, 5.41) is 4.87. The van der Waals surface area contributed by atoms with Gasteiger partial charge in [-0.3, -0.25) is 4.79 Å². The fourth-order valence-corrected chi connectivity index (χ4v) is 2.45. The molecule has 0 aliphatic carbocycles. The Kier molecular flexibility index (Phi) is 3.74. The van der Waals surface area contributed by atoms with Crippen LogP contribution in [-0.2, 0) is 0 Å². The Morgan fingerprint density at radius 2 is 2.22 bits per heavy atom. The van der Waals surface area contributed by atoms with Gasteiger partial charge in [0.05, 0.1) is 23.5 Å². The average Bonchev–Trinajstić information content (AvgIpc) is 2.82. The lowest BCUT2D eigenvalue weighted by Crippen LogP contribution is -2.13. The van der Waals surface area contributed by atoms with Gasteiger partial charge in [0.15, 0.2) is 0 Å². The van der Waals surface area contributed by atoms with E-state index in [4.69, 9.17) is 22.1 Å². The molecule has 1 heterocycles. The molecule has 0 unspecified atom stereocenters. The number of rotatable bonds is 3. The first-order valence-electron chi connectivity index (χ1n) is 5.10. The highest BCUT2D eigenvalue weighted by molar-refractivity contribution is 7.12. The van der Waals surface area contributed by atoms with Crippen molar-refractivity contribution in [3.8, 4) is 5.75 Å². The number of carbonyl (C=O) groups excluding carboxylic acids is 1. The lowest BCUT2D eigenvalue weighted by molar-refractivity contribution is 0.102. The third-order valence-corrected chi connectivity index (χ3v) is 3.55. The molecule has 94 valence electrons. The minimum Gasteiger partial charge on any atom is -0.495 e. The first-order chi connectivity index (χ1) is 8.63. The highest BCUT2D eigenvalue weighted by Gasteiger charge is 2.16. The van der Waals surface area contributed by atoms with Crippen LogP contribution in [0.5, 0.6) is 5.75 Å². The van der Waals surface area contributed by atoms with Crippen LogP contribution in [0.1, 0.15) is 9.67 Å². The number of methoxy groups -OCH3 is 1. The van der Waals surface area contributed by atoms with Gasteiger partial charge in [0.25, 0.3) is 5.91 Å². The van der Waals surface area contributed by atoms with Crippen molar-refractivity contribution in [3.63, 3.8) is 0 Å². The number of nitrogens with one attached hydrogen (secondary N) is 1. The van der Waals surface area contributed by atoms with E-state index in [-0.39, 0.29) is 5.91 Å². The van der Waals surface area contributed by atoms with Crippen molar-refractivity contribution in [2.45, 2.75) is 0 Å². The third kappa shape index (κ3) is 2.42. The van der Waals surface area contributed by atoms with Gasteiger partial charge in [0, 0.05) is 0 Å². The van der Waals surface area contributed by atoms with Crippen molar-refractivity contribution < 1.29 is 9.53 Å². The summed E-state index contributed by atoms with van der Waals surface area (Å²) in [7, 11) is 1.52. The zero-order chi connectivity index (χ0) is 13.1. The van der Waals surface area contributed by atoms with Crippen LogP contribution >= 0.6 is 22.9 Å². The van der Waals surface area contributed by atoms with Gasteiger partial charge in [0.1, 0.15) is 10.6 Å². The van der Waals surface area contributed by atoms with Gasteiger partial charge in [-0.25, -0.2) is 0 Å². The van der Waals surface area contributed by atoms with Crippen LogP contribution < -0.4 is 15.8 Å². The maximum absolute atomic E-state index is 12.1. The first-order valence-corrected chi connectivity index (χ1v) is 6.36. The van der Waals surface area contributed by atoms with Gasteiger partial charge in [-0.05, 0) is 23.6 Å². The number of amides is 1. The molecular formula is C12H11ClN2O2S. The predicted molar refractivity (Wildman–Crippen MR) is 74.7 cm³/mol. The minimum atomic E-state index is -0.290. The number of hydrogen-bond acceptors (Lipinski definition) is 4. The number of carbonyl (C=O) groups is 1. The summed E-state index contributed by atoms with van der Waals surface area (Å²) in [5.74, 6) is 0.241. The molecule has 0 spiro atoms. The van der Waals surface area contributed by atoms with Gasteiger partial charge < -0.3 is 15.8 Å². The van der Waals surface area contributed by atoms with E-state index in [1.165, 1.54) is 18.4 Å². The van der Waals surface area contributed by atoms with Gasteiger partial charge in [-0.2, -0.15) is 0 Å². The maximum Gasteiger partial charge on any atom is 0.269 e. The fraction of sp³-hybridized carbons (Fsp3) is 0.0833. The smallest absolute Gasteiger partial charge is 0.269 e. The van der Waals surface area contributed by atoms with Crippen LogP contribution in [0.25, 0.3) is 0 Å². The van der Waals surface area contributed by atoms with Crippen molar-refractivity contribution >= 4 is 40.2 Å². The van der Waals surface area contributed by atoms with Gasteiger partial charge >= 0.3 is 0 Å². The van der Waals surface area contributed by atoms with E-state index in [9.17, 15) is 4.79 Å². The molecule has 1 amide bonds. The molecule has 0 aliphatic heterocycles. The third-order valence-electron chi connectivity index (χ3n) is 2.34. The number of halogens is 1. The minimum absolute atomic E-state index is 0.290. The Bertz CT molecular complexity index is 563. The Labute approximate surface area is 113 Å². The highest BCUT2D eigenvalue weighted by Crippen LogP contribution is 2.30. The van der Waals surface area contributed by atoms with E-state index in [1.54, 1.807) is 29.6 Å². The second-order valence-corrected chi connectivity index (χ2v) is 4.80. The van der Waals surface area contributed by atoms with E-state index in [0.717, 1.165) is 0 Å². The standard InChI is InChI=1S/C12H11ClN2O2S/c1-17-9-5-6-18-11(9)12(16)15-10-7(13)3-2-4-8(10)14/h2-6H,14H2,1H3,(H,15,16). The zero-order valence-electron chi connectivity index (χ0n) is 9.57. The van der Waals surface area contributed by atoms with E-state index >= 15 is 0 Å². The van der Waals surface area contributed by atoms with Crippen LogP contribution in [0, 0.1) is 0 Å². The summed E-state index contributed by atoms with van der Waals surface area (Å²) in [4.78, 5) is 12.5. The molecule has 2 rings (SSSR count). The van der Waals surface area contributed by atoms with Crippen LogP contribution in [0.3, 0.4) is 0 Å². The molecule has 0 radical (unpaired) electrons. The van der Waals surface area contributed by atoms with Crippen molar-refractivity contribution in [2.75, 3.05) is 18.2 Å². The van der Waals surface area contributed by atoms with E-state index in [0.29, 0.717) is 27.0 Å². The molecule has 1 aromatic heterocycles. The van der Waals surface area contributed by atoms with Crippen molar-refractivity contribution in [1.82, 2.24) is 0 Å². The number of nitrogens with two attached hydrogens (primary N) is 1. The monoisotopic (exact) mass is 282 g/mol. The molecule has 2 aromatic rings. The van der Waals surface area contributed by atoms with Crippen LogP contribution in [-0.4, -0.2) is 13.0 Å². The SMILES string of the molecule is COc1ccsc1C(=O)Nc1c(N)cccc1Cl. The molecule has 0 fully saturated rings. The van der Waals surface area contributed by atoms with Gasteiger partial charge in [-0.15, -0.1) is 11.3 Å². The molecule has 6 heteroatoms. The zero-order valence-corrected chi connectivity index (χ0v) is 11.1.